The first kappa shape index (κ1) is 16.5. The summed E-state index contributed by atoms with van der Waals surface area (Å²) < 4.78 is 13.3. The van der Waals surface area contributed by atoms with E-state index in [2.05, 4.69) is 19.4 Å². The number of imidazole rings is 1. The Bertz CT molecular complexity index is 966. The van der Waals surface area contributed by atoms with Crippen LogP contribution in [0.15, 0.2) is 30.5 Å². The second-order valence-corrected chi connectivity index (χ2v) is 7.18. The number of ether oxygens (including phenoxy) is 2. The van der Waals surface area contributed by atoms with Crippen molar-refractivity contribution in [3.63, 3.8) is 0 Å². The molecule has 0 saturated heterocycles. The van der Waals surface area contributed by atoms with Crippen LogP contribution >= 0.6 is 0 Å². The maximum Gasteiger partial charge on any atom is 0.325 e. The molecule has 3 aromatic rings. The summed E-state index contributed by atoms with van der Waals surface area (Å²) in [4.78, 5) is 15.9. The molecule has 7 heteroatoms. The van der Waals surface area contributed by atoms with Crippen LogP contribution in [0.2, 0.25) is 0 Å². The minimum atomic E-state index is 0.278. The number of rotatable bonds is 4. The Balaban J connectivity index is 1.41. The van der Waals surface area contributed by atoms with E-state index in [0.29, 0.717) is 11.6 Å². The molecule has 0 atom stereocenters. The van der Waals surface area contributed by atoms with Crippen LogP contribution in [0.5, 0.6) is 17.6 Å². The van der Waals surface area contributed by atoms with Crippen LogP contribution in [-0.4, -0.2) is 50.7 Å². The molecule has 0 bridgehead atoms. The summed E-state index contributed by atoms with van der Waals surface area (Å²) in [5.74, 6) is 2.36. The van der Waals surface area contributed by atoms with E-state index in [0.717, 1.165) is 43.1 Å². The first-order valence-electron chi connectivity index (χ1n) is 9.58. The highest BCUT2D eigenvalue weighted by atomic mass is 16.5. The molecule has 2 aromatic heterocycles. The zero-order valence-corrected chi connectivity index (χ0v) is 15.5. The van der Waals surface area contributed by atoms with E-state index in [4.69, 9.17) is 14.5 Å². The van der Waals surface area contributed by atoms with Gasteiger partial charge in [-0.25, -0.2) is 9.97 Å². The van der Waals surface area contributed by atoms with E-state index in [1.165, 1.54) is 25.1 Å². The molecular formula is C20H23N5O2. The van der Waals surface area contributed by atoms with E-state index in [1.54, 1.807) is 19.4 Å². The summed E-state index contributed by atoms with van der Waals surface area (Å²) in [6.45, 7) is 3.17. The number of hydrogen-bond acceptors (Lipinski definition) is 6. The molecule has 1 fully saturated rings. The predicted molar refractivity (Wildman–Crippen MR) is 101 cm³/mol. The van der Waals surface area contributed by atoms with Gasteiger partial charge < -0.3 is 14.0 Å². The van der Waals surface area contributed by atoms with E-state index >= 15 is 0 Å². The van der Waals surface area contributed by atoms with Gasteiger partial charge in [-0.05, 0) is 25.0 Å². The summed E-state index contributed by atoms with van der Waals surface area (Å²) in [7, 11) is 1.58. The lowest BCUT2D eigenvalue weighted by atomic mass is 9.91. The van der Waals surface area contributed by atoms with Crippen LogP contribution in [0.3, 0.4) is 0 Å². The zero-order valence-electron chi connectivity index (χ0n) is 15.5. The van der Waals surface area contributed by atoms with Crippen molar-refractivity contribution in [2.45, 2.75) is 38.3 Å². The topological polar surface area (TPSA) is 65.3 Å². The highest BCUT2D eigenvalue weighted by Crippen LogP contribution is 2.29. The van der Waals surface area contributed by atoms with Gasteiger partial charge in [0.1, 0.15) is 11.6 Å². The van der Waals surface area contributed by atoms with Crippen molar-refractivity contribution in [1.29, 1.82) is 0 Å². The van der Waals surface area contributed by atoms with Gasteiger partial charge >= 0.3 is 6.01 Å². The number of nitrogens with zero attached hydrogens (tertiary/aromatic N) is 5. The minimum absolute atomic E-state index is 0.278. The molecule has 5 rings (SSSR count). The molecule has 1 aliphatic heterocycles. The highest BCUT2D eigenvalue weighted by molar-refractivity contribution is 5.78. The van der Waals surface area contributed by atoms with Crippen LogP contribution in [0.4, 0.5) is 0 Å². The summed E-state index contributed by atoms with van der Waals surface area (Å²) in [6, 6.07) is 8.72. The van der Waals surface area contributed by atoms with Crippen molar-refractivity contribution in [2.75, 3.05) is 20.2 Å². The molecule has 0 radical (unpaired) electrons. The van der Waals surface area contributed by atoms with Gasteiger partial charge in [0.25, 0.3) is 0 Å². The maximum absolute atomic E-state index is 5.85. The minimum Gasteiger partial charge on any atom is -0.481 e. The van der Waals surface area contributed by atoms with Gasteiger partial charge in [-0.1, -0.05) is 6.42 Å². The average molecular weight is 365 g/mol. The molecule has 1 aliphatic carbocycles. The standard InChI is InChI=1S/C20H23N5O2/c1-26-19-7-9-21-20(23-19)27-15-5-6-16-17(13-15)25-12-11-24(14-3-2-4-14)10-8-18(25)22-16/h5-7,9,13-14H,2-4,8,10-12H2,1H3. The Labute approximate surface area is 158 Å². The zero-order chi connectivity index (χ0) is 18.2. The molecule has 140 valence electrons. The number of methoxy groups -OCH3 is 1. The molecule has 7 nitrogen and oxygen atoms in total. The Morgan fingerprint density at radius 3 is 2.81 bits per heavy atom. The van der Waals surface area contributed by atoms with Crippen LogP contribution < -0.4 is 9.47 Å². The first-order valence-corrected chi connectivity index (χ1v) is 9.58. The fourth-order valence-corrected chi connectivity index (χ4v) is 3.95. The van der Waals surface area contributed by atoms with E-state index in [9.17, 15) is 0 Å². The normalized spacial score (nSPS) is 18.0. The van der Waals surface area contributed by atoms with Crippen molar-refractivity contribution >= 4 is 11.0 Å². The molecule has 2 aliphatic rings. The molecule has 1 aromatic carbocycles. The Morgan fingerprint density at radius 1 is 1.07 bits per heavy atom. The first-order chi connectivity index (χ1) is 13.3. The van der Waals surface area contributed by atoms with Gasteiger partial charge in [0.15, 0.2) is 0 Å². The third kappa shape index (κ3) is 3.12. The van der Waals surface area contributed by atoms with E-state index < -0.39 is 0 Å². The summed E-state index contributed by atoms with van der Waals surface area (Å²) in [6.07, 6.45) is 6.70. The van der Waals surface area contributed by atoms with Crippen LogP contribution in [0.1, 0.15) is 25.1 Å². The van der Waals surface area contributed by atoms with E-state index in [1.807, 2.05) is 18.2 Å². The molecule has 0 N–H and O–H groups in total. The third-order valence-corrected chi connectivity index (χ3v) is 5.65. The Morgan fingerprint density at radius 2 is 2.00 bits per heavy atom. The maximum atomic E-state index is 5.85. The summed E-state index contributed by atoms with van der Waals surface area (Å²) >= 11 is 0. The van der Waals surface area contributed by atoms with Gasteiger partial charge in [0.05, 0.1) is 18.1 Å². The second-order valence-electron chi connectivity index (χ2n) is 7.18. The van der Waals surface area contributed by atoms with Crippen molar-refractivity contribution in [3.05, 3.63) is 36.3 Å². The third-order valence-electron chi connectivity index (χ3n) is 5.65. The summed E-state index contributed by atoms with van der Waals surface area (Å²) in [5.41, 5.74) is 2.13. The van der Waals surface area contributed by atoms with Crippen molar-refractivity contribution < 1.29 is 9.47 Å². The molecule has 3 heterocycles. The van der Waals surface area contributed by atoms with E-state index in [-0.39, 0.29) is 6.01 Å². The van der Waals surface area contributed by atoms with Crippen molar-refractivity contribution in [1.82, 2.24) is 24.4 Å². The number of fused-ring (bicyclic) bond motifs is 3. The lowest BCUT2D eigenvalue weighted by Crippen LogP contribution is -2.41. The Hall–Kier alpha value is -2.67. The largest absolute Gasteiger partial charge is 0.481 e. The molecule has 0 amide bonds. The lowest BCUT2D eigenvalue weighted by Gasteiger charge is -2.36. The van der Waals surface area contributed by atoms with Crippen LogP contribution in [-0.2, 0) is 13.0 Å². The van der Waals surface area contributed by atoms with Crippen LogP contribution in [0.25, 0.3) is 11.0 Å². The quantitative estimate of drug-likeness (QED) is 0.708. The van der Waals surface area contributed by atoms with Gasteiger partial charge in [-0.3, -0.25) is 4.90 Å². The average Bonchev–Trinajstić information content (AvgIpc) is 2.86. The highest BCUT2D eigenvalue weighted by Gasteiger charge is 2.27. The smallest absolute Gasteiger partial charge is 0.325 e. The van der Waals surface area contributed by atoms with Crippen LogP contribution in [0, 0.1) is 0 Å². The fourth-order valence-electron chi connectivity index (χ4n) is 3.95. The Kier molecular flexibility index (Phi) is 4.16. The summed E-state index contributed by atoms with van der Waals surface area (Å²) in [5, 5.41) is 0. The molecule has 0 spiro atoms. The number of aromatic nitrogens is 4. The molecule has 27 heavy (non-hydrogen) atoms. The molecule has 1 saturated carbocycles. The number of benzene rings is 1. The SMILES string of the molecule is COc1ccnc(Oc2ccc3nc4n(c3c2)CCN(C2CCC2)CC4)n1. The predicted octanol–water partition coefficient (Wildman–Crippen LogP) is 3.04. The molecule has 0 unspecified atom stereocenters. The van der Waals surface area contributed by atoms with Gasteiger partial charge in [-0.2, -0.15) is 4.98 Å². The molecular weight excluding hydrogens is 342 g/mol. The number of hydrogen-bond donors (Lipinski definition) is 0. The van der Waals surface area contributed by atoms with Gasteiger partial charge in [0, 0.05) is 50.4 Å². The van der Waals surface area contributed by atoms with Gasteiger partial charge in [-0.15, -0.1) is 0 Å². The second kappa shape index (κ2) is 6.81. The fraction of sp³-hybridized carbons (Fsp3) is 0.450. The van der Waals surface area contributed by atoms with Crippen molar-refractivity contribution in [2.24, 2.45) is 0 Å². The van der Waals surface area contributed by atoms with Gasteiger partial charge in [0.2, 0.25) is 5.88 Å². The monoisotopic (exact) mass is 365 g/mol. The van der Waals surface area contributed by atoms with Crippen molar-refractivity contribution in [3.8, 4) is 17.6 Å². The lowest BCUT2D eigenvalue weighted by molar-refractivity contribution is 0.130.